The highest BCUT2D eigenvalue weighted by molar-refractivity contribution is 5.97. The Hall–Kier alpha value is -1.62. The molecule has 1 aliphatic heterocycles. The van der Waals surface area contributed by atoms with Crippen molar-refractivity contribution in [1.82, 2.24) is 10.2 Å². The smallest absolute Gasteiger partial charge is 0.257 e. The van der Waals surface area contributed by atoms with Crippen LogP contribution in [-0.4, -0.2) is 41.6 Å². The summed E-state index contributed by atoms with van der Waals surface area (Å²) in [4.78, 5) is 13.8. The van der Waals surface area contributed by atoms with Crippen LogP contribution in [0.2, 0.25) is 0 Å². The summed E-state index contributed by atoms with van der Waals surface area (Å²) >= 11 is 0. The summed E-state index contributed by atoms with van der Waals surface area (Å²) in [6.45, 7) is 3.99. The van der Waals surface area contributed by atoms with Crippen LogP contribution in [0.15, 0.2) is 18.2 Å². The van der Waals surface area contributed by atoms with Crippen molar-refractivity contribution in [2.45, 2.75) is 13.0 Å². The Bertz CT molecular complexity index is 437. The molecular weight excluding hydrogens is 223 g/mol. The Morgan fingerprint density at radius 3 is 3.00 bits per heavy atom. The minimum absolute atomic E-state index is 0.0701. The van der Waals surface area contributed by atoms with Crippen LogP contribution < -0.4 is 5.32 Å². The molecule has 1 atom stereocenters. The maximum atomic E-state index is 12.8. The van der Waals surface area contributed by atoms with Crippen LogP contribution in [0.1, 0.15) is 17.3 Å². The summed E-state index contributed by atoms with van der Waals surface area (Å²) in [6, 6.07) is 3.53. The number of amides is 1. The molecule has 0 aliphatic carbocycles. The molecule has 1 heterocycles. The Kier molecular flexibility index (Phi) is 3.28. The molecule has 5 heteroatoms. The van der Waals surface area contributed by atoms with Gasteiger partial charge >= 0.3 is 0 Å². The largest absolute Gasteiger partial charge is 0.507 e. The molecule has 1 amide bonds. The molecular formula is C12H15FN2O2. The maximum Gasteiger partial charge on any atom is 0.257 e. The van der Waals surface area contributed by atoms with Gasteiger partial charge in [0.05, 0.1) is 5.56 Å². The second-order valence-electron chi connectivity index (χ2n) is 4.21. The van der Waals surface area contributed by atoms with Gasteiger partial charge in [0.1, 0.15) is 11.6 Å². The Morgan fingerprint density at radius 2 is 2.35 bits per heavy atom. The van der Waals surface area contributed by atoms with Crippen LogP contribution in [0, 0.1) is 5.82 Å². The number of aromatic hydroxyl groups is 1. The van der Waals surface area contributed by atoms with E-state index in [1.54, 1.807) is 4.90 Å². The number of nitrogens with zero attached hydrogens (tertiary/aromatic N) is 1. The topological polar surface area (TPSA) is 52.6 Å². The number of piperazine rings is 1. The predicted octanol–water partition coefficient (Wildman–Crippen LogP) is 0.965. The van der Waals surface area contributed by atoms with E-state index in [4.69, 9.17) is 0 Å². The lowest BCUT2D eigenvalue weighted by atomic mass is 10.1. The second kappa shape index (κ2) is 4.71. The zero-order chi connectivity index (χ0) is 12.4. The zero-order valence-corrected chi connectivity index (χ0v) is 9.61. The van der Waals surface area contributed by atoms with Gasteiger partial charge < -0.3 is 15.3 Å². The third kappa shape index (κ3) is 2.39. The van der Waals surface area contributed by atoms with Crippen LogP contribution in [0.25, 0.3) is 0 Å². The average Bonchev–Trinajstić information content (AvgIpc) is 2.29. The molecule has 1 aromatic rings. The number of benzene rings is 1. The normalized spacial score (nSPS) is 20.4. The fourth-order valence-electron chi connectivity index (χ4n) is 1.98. The summed E-state index contributed by atoms with van der Waals surface area (Å²) in [7, 11) is 0. The standard InChI is InChI=1S/C12H15FN2O2/c1-8-7-14-4-5-15(8)12(17)10-3-2-9(13)6-11(10)16/h2-3,6,8,14,16H,4-5,7H2,1H3. The van der Waals surface area contributed by atoms with Crippen molar-refractivity contribution in [3.63, 3.8) is 0 Å². The van der Waals surface area contributed by atoms with Crippen LogP contribution >= 0.6 is 0 Å². The number of hydrogen-bond donors (Lipinski definition) is 2. The number of nitrogens with one attached hydrogen (secondary N) is 1. The fraction of sp³-hybridized carbons (Fsp3) is 0.417. The molecule has 2 N–H and O–H groups in total. The molecule has 1 fully saturated rings. The minimum atomic E-state index is -0.549. The molecule has 1 aliphatic rings. The average molecular weight is 238 g/mol. The van der Waals surface area contributed by atoms with Gasteiger partial charge in [-0.25, -0.2) is 4.39 Å². The zero-order valence-electron chi connectivity index (χ0n) is 9.61. The summed E-state index contributed by atoms with van der Waals surface area (Å²) in [5, 5.41) is 12.8. The van der Waals surface area contributed by atoms with Crippen molar-refractivity contribution in [1.29, 1.82) is 0 Å². The molecule has 1 aromatic carbocycles. The SMILES string of the molecule is CC1CNCCN1C(=O)c1ccc(F)cc1O. The lowest BCUT2D eigenvalue weighted by Gasteiger charge is -2.34. The van der Waals surface area contributed by atoms with Crippen LogP contribution in [0.4, 0.5) is 4.39 Å². The summed E-state index contributed by atoms with van der Waals surface area (Å²) < 4.78 is 12.8. The van der Waals surface area contributed by atoms with E-state index in [1.807, 2.05) is 6.92 Å². The van der Waals surface area contributed by atoms with Crippen LogP contribution in [0.3, 0.4) is 0 Å². The monoisotopic (exact) mass is 238 g/mol. The fourth-order valence-corrected chi connectivity index (χ4v) is 1.98. The molecule has 17 heavy (non-hydrogen) atoms. The van der Waals surface area contributed by atoms with E-state index in [0.717, 1.165) is 19.2 Å². The maximum absolute atomic E-state index is 12.8. The van der Waals surface area contributed by atoms with Crippen LogP contribution in [0.5, 0.6) is 5.75 Å². The van der Waals surface area contributed by atoms with E-state index in [9.17, 15) is 14.3 Å². The third-order valence-corrected chi connectivity index (χ3v) is 2.95. The van der Waals surface area contributed by atoms with Crippen molar-refractivity contribution in [3.05, 3.63) is 29.6 Å². The van der Waals surface area contributed by atoms with Crippen molar-refractivity contribution in [2.24, 2.45) is 0 Å². The van der Waals surface area contributed by atoms with Gasteiger partial charge in [0.15, 0.2) is 0 Å². The molecule has 0 aromatic heterocycles. The molecule has 1 unspecified atom stereocenters. The second-order valence-corrected chi connectivity index (χ2v) is 4.21. The van der Waals surface area contributed by atoms with Crippen molar-refractivity contribution in [2.75, 3.05) is 19.6 Å². The number of halogens is 1. The number of hydrogen-bond acceptors (Lipinski definition) is 3. The van der Waals surface area contributed by atoms with Gasteiger partial charge in [0, 0.05) is 31.7 Å². The minimum Gasteiger partial charge on any atom is -0.507 e. The Labute approximate surface area is 99.0 Å². The lowest BCUT2D eigenvalue weighted by molar-refractivity contribution is 0.0652. The molecule has 0 radical (unpaired) electrons. The van der Waals surface area contributed by atoms with Gasteiger partial charge in [-0.3, -0.25) is 4.79 Å². The van der Waals surface area contributed by atoms with Gasteiger partial charge in [0.2, 0.25) is 0 Å². The van der Waals surface area contributed by atoms with Crippen molar-refractivity contribution in [3.8, 4) is 5.75 Å². The highest BCUT2D eigenvalue weighted by Gasteiger charge is 2.25. The van der Waals surface area contributed by atoms with E-state index in [1.165, 1.54) is 12.1 Å². The number of phenols is 1. The van der Waals surface area contributed by atoms with Gasteiger partial charge in [-0.05, 0) is 19.1 Å². The first-order valence-corrected chi connectivity index (χ1v) is 5.60. The first-order chi connectivity index (χ1) is 8.09. The van der Waals surface area contributed by atoms with Crippen molar-refractivity contribution >= 4 is 5.91 Å². The first-order valence-electron chi connectivity index (χ1n) is 5.60. The van der Waals surface area contributed by atoms with Crippen LogP contribution in [-0.2, 0) is 0 Å². The number of rotatable bonds is 1. The Balaban J connectivity index is 2.24. The third-order valence-electron chi connectivity index (χ3n) is 2.95. The van der Waals surface area contributed by atoms with Gasteiger partial charge in [-0.1, -0.05) is 0 Å². The Morgan fingerprint density at radius 1 is 1.59 bits per heavy atom. The van der Waals surface area contributed by atoms with Gasteiger partial charge in [-0.15, -0.1) is 0 Å². The predicted molar refractivity (Wildman–Crippen MR) is 61.4 cm³/mol. The van der Waals surface area contributed by atoms with E-state index >= 15 is 0 Å². The highest BCUT2D eigenvalue weighted by Crippen LogP contribution is 2.21. The quantitative estimate of drug-likeness (QED) is 0.766. The molecule has 0 saturated carbocycles. The number of carbonyl (C=O) groups excluding carboxylic acids is 1. The van der Waals surface area contributed by atoms with E-state index in [2.05, 4.69) is 5.32 Å². The summed E-state index contributed by atoms with van der Waals surface area (Å²) in [6.07, 6.45) is 0. The van der Waals surface area contributed by atoms with Gasteiger partial charge in [0.25, 0.3) is 5.91 Å². The molecule has 1 saturated heterocycles. The summed E-state index contributed by atoms with van der Waals surface area (Å²) in [5.74, 6) is -1.11. The van der Waals surface area contributed by atoms with Gasteiger partial charge in [-0.2, -0.15) is 0 Å². The van der Waals surface area contributed by atoms with E-state index < -0.39 is 5.82 Å². The molecule has 0 bridgehead atoms. The lowest BCUT2D eigenvalue weighted by Crippen LogP contribution is -2.52. The molecule has 2 rings (SSSR count). The first kappa shape index (κ1) is 11.9. The molecule has 4 nitrogen and oxygen atoms in total. The van der Waals surface area contributed by atoms with E-state index in [0.29, 0.717) is 6.54 Å². The van der Waals surface area contributed by atoms with Crippen molar-refractivity contribution < 1.29 is 14.3 Å². The number of phenolic OH excluding ortho intramolecular Hbond substituents is 1. The highest BCUT2D eigenvalue weighted by atomic mass is 19.1. The molecule has 0 spiro atoms. The summed E-state index contributed by atoms with van der Waals surface area (Å²) in [5.41, 5.74) is 0.153. The molecule has 92 valence electrons. The van der Waals surface area contributed by atoms with E-state index in [-0.39, 0.29) is 23.3 Å². The number of carbonyl (C=O) groups is 1.